The summed E-state index contributed by atoms with van der Waals surface area (Å²) in [6.07, 6.45) is 4.89. The largest absolute Gasteiger partial charge is 0.421 e. The zero-order valence-electron chi connectivity index (χ0n) is 18.3. The second kappa shape index (κ2) is 9.01. The number of benzene rings is 1. The highest BCUT2D eigenvalue weighted by molar-refractivity contribution is 5.93. The van der Waals surface area contributed by atoms with Gasteiger partial charge in [0.05, 0.1) is 6.04 Å². The van der Waals surface area contributed by atoms with Gasteiger partial charge < -0.3 is 14.6 Å². The third-order valence-corrected chi connectivity index (χ3v) is 6.54. The summed E-state index contributed by atoms with van der Waals surface area (Å²) >= 11 is 0. The Kier molecular flexibility index (Phi) is 5.92. The maximum absolute atomic E-state index is 13.1. The Hall–Kier alpha value is -3.14. The zero-order valence-corrected chi connectivity index (χ0v) is 18.3. The fourth-order valence-corrected chi connectivity index (χ4v) is 5.04. The van der Waals surface area contributed by atoms with Gasteiger partial charge in [-0.1, -0.05) is 6.07 Å². The van der Waals surface area contributed by atoms with Gasteiger partial charge in [0.1, 0.15) is 19.2 Å². The molecule has 2 aromatic heterocycles. The molecular weight excluding hydrogens is 430 g/mol. The normalized spacial score (nSPS) is 22.3. The first-order valence-electron chi connectivity index (χ1n) is 11.2. The number of aryl methyl sites for hydroxylation is 1. The molecule has 0 unspecified atom stereocenters. The lowest BCUT2D eigenvalue weighted by Crippen LogP contribution is -2.54. The highest BCUT2D eigenvalue weighted by atomic mass is 19.1. The minimum Gasteiger partial charge on any atom is -0.421 e. The van der Waals surface area contributed by atoms with E-state index in [0.29, 0.717) is 30.4 Å². The number of urea groups is 1. The highest BCUT2D eigenvalue weighted by Gasteiger charge is 2.43. The highest BCUT2D eigenvalue weighted by Crippen LogP contribution is 2.36. The van der Waals surface area contributed by atoms with Gasteiger partial charge in [0.15, 0.2) is 0 Å². The lowest BCUT2D eigenvalue weighted by molar-refractivity contribution is 0.133. The topological polar surface area (TPSA) is 96.2 Å². The van der Waals surface area contributed by atoms with Gasteiger partial charge in [-0.15, -0.1) is 10.2 Å². The summed E-state index contributed by atoms with van der Waals surface area (Å²) in [4.78, 5) is 19.4. The number of aromatic nitrogens is 3. The molecule has 2 aliphatic heterocycles. The number of piperidine rings is 1. The number of nitrogens with zero attached hydrogens (tertiary/aromatic N) is 4. The van der Waals surface area contributed by atoms with Crippen LogP contribution in [0.5, 0.6) is 0 Å². The SMILES string of the molecule is Cc1nnc(-c2ccc3cnc(NC(=O)N4[C@@H]5CC[C@H]4C[C@H](NC(CF)CF)C5)cc3c2)o1. The molecule has 2 bridgehead atoms. The molecule has 2 saturated heterocycles. The van der Waals surface area contributed by atoms with E-state index in [1.807, 2.05) is 29.2 Å². The molecule has 4 heterocycles. The summed E-state index contributed by atoms with van der Waals surface area (Å²) in [5.74, 6) is 1.39. The number of carbonyl (C=O) groups excluding carboxylic acids is 1. The van der Waals surface area contributed by atoms with Gasteiger partial charge in [-0.05, 0) is 49.3 Å². The summed E-state index contributed by atoms with van der Waals surface area (Å²) in [6.45, 7) is 0.281. The number of anilines is 1. The van der Waals surface area contributed by atoms with Gasteiger partial charge >= 0.3 is 6.03 Å². The molecule has 3 atom stereocenters. The monoisotopic (exact) mass is 456 g/mol. The molecule has 2 aliphatic rings. The van der Waals surface area contributed by atoms with E-state index in [0.717, 1.165) is 29.2 Å². The van der Waals surface area contributed by atoms with Crippen LogP contribution in [-0.2, 0) is 0 Å². The Morgan fingerprint density at radius 1 is 1.15 bits per heavy atom. The Morgan fingerprint density at radius 3 is 2.58 bits per heavy atom. The van der Waals surface area contributed by atoms with Gasteiger partial charge in [-0.25, -0.2) is 18.6 Å². The number of pyridine rings is 1. The molecular formula is C23H26F2N6O2. The van der Waals surface area contributed by atoms with Gasteiger partial charge in [-0.2, -0.15) is 0 Å². The molecule has 10 heteroatoms. The van der Waals surface area contributed by atoms with E-state index < -0.39 is 19.4 Å². The molecule has 0 spiro atoms. The molecule has 0 saturated carbocycles. The van der Waals surface area contributed by atoms with Crippen LogP contribution in [0.4, 0.5) is 19.4 Å². The van der Waals surface area contributed by atoms with E-state index in [-0.39, 0.29) is 24.2 Å². The van der Waals surface area contributed by atoms with Crippen molar-refractivity contribution in [2.24, 2.45) is 0 Å². The number of rotatable bonds is 6. The van der Waals surface area contributed by atoms with Gasteiger partial charge in [0.25, 0.3) is 0 Å². The number of nitrogens with one attached hydrogen (secondary N) is 2. The van der Waals surface area contributed by atoms with E-state index >= 15 is 0 Å². The summed E-state index contributed by atoms with van der Waals surface area (Å²) < 4.78 is 31.3. The Balaban J connectivity index is 1.29. The van der Waals surface area contributed by atoms with Crippen LogP contribution in [0, 0.1) is 6.92 Å². The van der Waals surface area contributed by atoms with E-state index in [9.17, 15) is 13.6 Å². The van der Waals surface area contributed by atoms with Crippen LogP contribution < -0.4 is 10.6 Å². The summed E-state index contributed by atoms with van der Waals surface area (Å²) in [6, 6.07) is 6.72. The van der Waals surface area contributed by atoms with Crippen molar-refractivity contribution in [3.05, 3.63) is 36.4 Å². The van der Waals surface area contributed by atoms with Crippen LogP contribution in [0.25, 0.3) is 22.2 Å². The van der Waals surface area contributed by atoms with E-state index in [1.165, 1.54) is 0 Å². The molecule has 8 nitrogen and oxygen atoms in total. The van der Waals surface area contributed by atoms with Crippen molar-refractivity contribution in [2.75, 3.05) is 18.7 Å². The second-order valence-corrected chi connectivity index (χ2v) is 8.82. The molecule has 1 aromatic carbocycles. The lowest BCUT2D eigenvalue weighted by Gasteiger charge is -2.39. The first kappa shape index (κ1) is 21.7. The third-order valence-electron chi connectivity index (χ3n) is 6.54. The Morgan fingerprint density at radius 2 is 1.91 bits per heavy atom. The van der Waals surface area contributed by atoms with Crippen molar-refractivity contribution >= 4 is 22.6 Å². The number of alkyl halides is 2. The predicted octanol–water partition coefficient (Wildman–Crippen LogP) is 4.02. The maximum Gasteiger partial charge on any atom is 0.323 e. The number of hydrogen-bond donors (Lipinski definition) is 2. The van der Waals surface area contributed by atoms with Crippen LogP contribution in [-0.4, -0.2) is 63.6 Å². The van der Waals surface area contributed by atoms with Crippen LogP contribution in [0.3, 0.4) is 0 Å². The zero-order chi connectivity index (χ0) is 22.9. The van der Waals surface area contributed by atoms with Crippen LogP contribution in [0.2, 0.25) is 0 Å². The van der Waals surface area contributed by atoms with Crippen molar-refractivity contribution < 1.29 is 18.0 Å². The summed E-state index contributed by atoms with van der Waals surface area (Å²) in [5.41, 5.74) is 0.791. The maximum atomic E-state index is 13.1. The first-order valence-corrected chi connectivity index (χ1v) is 11.2. The van der Waals surface area contributed by atoms with Gasteiger partial charge in [0.2, 0.25) is 11.8 Å². The molecule has 2 fully saturated rings. The number of amides is 2. The number of fused-ring (bicyclic) bond motifs is 3. The van der Waals surface area contributed by atoms with Crippen LogP contribution in [0.15, 0.2) is 34.9 Å². The predicted molar refractivity (Wildman–Crippen MR) is 119 cm³/mol. The fourth-order valence-electron chi connectivity index (χ4n) is 5.04. The molecule has 0 aliphatic carbocycles. The van der Waals surface area contributed by atoms with Crippen molar-refractivity contribution in [3.63, 3.8) is 0 Å². The van der Waals surface area contributed by atoms with Crippen molar-refractivity contribution in [1.29, 1.82) is 0 Å². The van der Waals surface area contributed by atoms with Crippen LogP contribution >= 0.6 is 0 Å². The molecule has 174 valence electrons. The van der Waals surface area contributed by atoms with E-state index in [1.54, 1.807) is 13.1 Å². The molecule has 3 aromatic rings. The average Bonchev–Trinajstić information content (AvgIpc) is 3.37. The molecule has 0 radical (unpaired) electrons. The fraction of sp³-hybridized carbons (Fsp3) is 0.478. The van der Waals surface area contributed by atoms with Crippen molar-refractivity contribution in [3.8, 4) is 11.5 Å². The molecule has 2 N–H and O–H groups in total. The first-order chi connectivity index (χ1) is 16.0. The Labute approximate surface area is 189 Å². The number of halogens is 2. The average molecular weight is 456 g/mol. The molecule has 33 heavy (non-hydrogen) atoms. The lowest BCUT2D eigenvalue weighted by atomic mass is 9.97. The van der Waals surface area contributed by atoms with Gasteiger partial charge in [0, 0.05) is 42.2 Å². The second-order valence-electron chi connectivity index (χ2n) is 8.82. The smallest absolute Gasteiger partial charge is 0.323 e. The summed E-state index contributed by atoms with van der Waals surface area (Å²) in [7, 11) is 0. The summed E-state index contributed by atoms with van der Waals surface area (Å²) in [5, 5.41) is 15.7. The Bertz CT molecular complexity index is 1140. The number of carbonyl (C=O) groups is 1. The van der Waals surface area contributed by atoms with Gasteiger partial charge in [-0.3, -0.25) is 5.32 Å². The van der Waals surface area contributed by atoms with E-state index in [4.69, 9.17) is 4.42 Å². The van der Waals surface area contributed by atoms with E-state index in [2.05, 4.69) is 25.8 Å². The number of hydrogen-bond acceptors (Lipinski definition) is 6. The van der Waals surface area contributed by atoms with Crippen molar-refractivity contribution in [1.82, 2.24) is 25.4 Å². The minimum atomic E-state index is -0.766. The van der Waals surface area contributed by atoms with Crippen molar-refractivity contribution in [2.45, 2.75) is 56.8 Å². The minimum absolute atomic E-state index is 0.0219. The van der Waals surface area contributed by atoms with Crippen LogP contribution in [0.1, 0.15) is 31.6 Å². The molecule has 2 amide bonds. The third kappa shape index (κ3) is 4.39. The quantitative estimate of drug-likeness (QED) is 0.582. The standard InChI is InChI=1S/C23H26F2N6O2/c1-13-29-30-22(33-13)14-2-3-15-12-26-21(7-16(15)6-14)28-23(32)31-19-4-5-20(31)9-17(8-19)27-18(10-24)11-25/h2-3,6-7,12,17-20,27H,4-5,8-11H2,1H3,(H,26,28,32)/t17-,19-,20+. The molecule has 5 rings (SSSR count).